The average Bonchev–Trinajstić information content (AvgIpc) is 2.33. The van der Waals surface area contributed by atoms with Crippen LogP contribution >= 0.6 is 0 Å². The fraction of sp³-hybridized carbons (Fsp3) is 0.154. The number of nitrogens with zero attached hydrogens (tertiary/aromatic N) is 2. The summed E-state index contributed by atoms with van der Waals surface area (Å²) in [7, 11) is 0. The minimum Gasteiger partial charge on any atom is -0.329 e. The van der Waals surface area contributed by atoms with Gasteiger partial charge in [-0.05, 0) is 37.1 Å². The third-order valence-corrected chi connectivity index (χ3v) is 2.56. The van der Waals surface area contributed by atoms with E-state index in [1.165, 1.54) is 0 Å². The normalized spacial score (nSPS) is 10.0. The molecule has 2 aromatic rings. The number of hydrogen-bond donors (Lipinski definition) is 1. The molecular formula is C13H13N3O. The molecule has 2 rings (SSSR count). The first-order valence-electron chi connectivity index (χ1n) is 5.30. The summed E-state index contributed by atoms with van der Waals surface area (Å²) >= 11 is 0. The van der Waals surface area contributed by atoms with Gasteiger partial charge in [-0.15, -0.1) is 0 Å². The van der Waals surface area contributed by atoms with E-state index in [1.54, 1.807) is 12.4 Å². The number of benzene rings is 1. The molecule has 0 spiro atoms. The Morgan fingerprint density at radius 1 is 1.18 bits per heavy atom. The second kappa shape index (κ2) is 4.74. The van der Waals surface area contributed by atoms with Gasteiger partial charge in [0.15, 0.2) is 0 Å². The third-order valence-electron chi connectivity index (χ3n) is 2.56. The highest BCUT2D eigenvalue weighted by atomic mass is 16.1. The van der Waals surface area contributed by atoms with E-state index in [0.717, 1.165) is 28.2 Å². The van der Waals surface area contributed by atoms with Gasteiger partial charge in [-0.3, -0.25) is 4.79 Å². The van der Waals surface area contributed by atoms with E-state index in [-0.39, 0.29) is 0 Å². The van der Waals surface area contributed by atoms with Crippen LogP contribution in [-0.2, 0) is 4.79 Å². The highest BCUT2D eigenvalue weighted by molar-refractivity contribution is 5.77. The molecule has 0 bridgehead atoms. The van der Waals surface area contributed by atoms with Crippen LogP contribution in [0.15, 0.2) is 30.6 Å². The number of aromatic nitrogens is 2. The fourth-order valence-electron chi connectivity index (χ4n) is 1.62. The molecule has 0 aliphatic carbocycles. The standard InChI is InChI=1S/C13H13N3O/c1-9-3-4-12(16-8-17)5-13(9)11-6-14-10(2)15-7-11/h3-8H,1-2H3,(H,16,17). The van der Waals surface area contributed by atoms with Gasteiger partial charge in [0.05, 0.1) is 0 Å². The summed E-state index contributed by atoms with van der Waals surface area (Å²) in [5.74, 6) is 0.744. The van der Waals surface area contributed by atoms with E-state index >= 15 is 0 Å². The molecule has 0 aliphatic rings. The molecule has 0 saturated carbocycles. The summed E-state index contributed by atoms with van der Waals surface area (Å²) in [4.78, 5) is 18.8. The molecular weight excluding hydrogens is 214 g/mol. The lowest BCUT2D eigenvalue weighted by atomic mass is 10.0. The van der Waals surface area contributed by atoms with Crippen molar-refractivity contribution in [3.05, 3.63) is 42.0 Å². The molecule has 0 atom stereocenters. The Morgan fingerprint density at radius 3 is 2.53 bits per heavy atom. The van der Waals surface area contributed by atoms with Crippen molar-refractivity contribution >= 4 is 12.1 Å². The Bertz CT molecular complexity index is 535. The third kappa shape index (κ3) is 2.47. The van der Waals surface area contributed by atoms with E-state index in [0.29, 0.717) is 6.41 Å². The summed E-state index contributed by atoms with van der Waals surface area (Å²) in [5, 5.41) is 2.63. The van der Waals surface area contributed by atoms with Crippen molar-refractivity contribution in [3.63, 3.8) is 0 Å². The van der Waals surface area contributed by atoms with E-state index < -0.39 is 0 Å². The van der Waals surface area contributed by atoms with Crippen LogP contribution in [0.1, 0.15) is 11.4 Å². The second-order valence-electron chi connectivity index (χ2n) is 3.81. The zero-order chi connectivity index (χ0) is 12.3. The lowest BCUT2D eigenvalue weighted by molar-refractivity contribution is -0.105. The van der Waals surface area contributed by atoms with Crippen molar-refractivity contribution in [1.82, 2.24) is 9.97 Å². The molecule has 17 heavy (non-hydrogen) atoms. The quantitative estimate of drug-likeness (QED) is 0.819. The molecule has 4 heteroatoms. The van der Waals surface area contributed by atoms with Crippen LogP contribution in [0, 0.1) is 13.8 Å². The summed E-state index contributed by atoms with van der Waals surface area (Å²) in [6.07, 6.45) is 4.24. The largest absolute Gasteiger partial charge is 0.329 e. The minimum absolute atomic E-state index is 0.667. The minimum atomic E-state index is 0.667. The smallest absolute Gasteiger partial charge is 0.211 e. The van der Waals surface area contributed by atoms with E-state index in [4.69, 9.17) is 0 Å². The first-order valence-corrected chi connectivity index (χ1v) is 5.30. The lowest BCUT2D eigenvalue weighted by Gasteiger charge is -2.08. The lowest BCUT2D eigenvalue weighted by Crippen LogP contribution is -1.95. The van der Waals surface area contributed by atoms with Gasteiger partial charge < -0.3 is 5.32 Å². The molecule has 86 valence electrons. The molecule has 1 aromatic heterocycles. The maximum absolute atomic E-state index is 10.4. The maximum Gasteiger partial charge on any atom is 0.211 e. The van der Waals surface area contributed by atoms with Crippen LogP contribution in [0.4, 0.5) is 5.69 Å². The number of amides is 1. The summed E-state index contributed by atoms with van der Waals surface area (Å²) < 4.78 is 0. The molecule has 4 nitrogen and oxygen atoms in total. The Kier molecular flexibility index (Phi) is 3.14. The van der Waals surface area contributed by atoms with Crippen molar-refractivity contribution in [2.45, 2.75) is 13.8 Å². The van der Waals surface area contributed by atoms with Gasteiger partial charge in [0.1, 0.15) is 5.82 Å². The van der Waals surface area contributed by atoms with E-state index in [9.17, 15) is 4.79 Å². The van der Waals surface area contributed by atoms with E-state index in [2.05, 4.69) is 15.3 Å². The van der Waals surface area contributed by atoms with Gasteiger partial charge in [0.25, 0.3) is 0 Å². The van der Waals surface area contributed by atoms with Crippen molar-refractivity contribution in [2.75, 3.05) is 5.32 Å². The van der Waals surface area contributed by atoms with Crippen molar-refractivity contribution in [1.29, 1.82) is 0 Å². The Balaban J connectivity index is 2.46. The van der Waals surface area contributed by atoms with Gasteiger partial charge >= 0.3 is 0 Å². The summed E-state index contributed by atoms with van der Waals surface area (Å²) in [5.41, 5.74) is 3.86. The molecule has 1 aromatic carbocycles. The van der Waals surface area contributed by atoms with Crippen molar-refractivity contribution < 1.29 is 4.79 Å². The second-order valence-corrected chi connectivity index (χ2v) is 3.81. The Labute approximate surface area is 99.7 Å². The summed E-state index contributed by atoms with van der Waals surface area (Å²) in [6.45, 7) is 3.86. The van der Waals surface area contributed by atoms with Gasteiger partial charge in [-0.2, -0.15) is 0 Å². The first kappa shape index (κ1) is 11.3. The van der Waals surface area contributed by atoms with Gasteiger partial charge in [0, 0.05) is 23.6 Å². The SMILES string of the molecule is Cc1ncc(-c2cc(NC=O)ccc2C)cn1. The molecule has 0 aliphatic heterocycles. The Hall–Kier alpha value is -2.23. The molecule has 0 unspecified atom stereocenters. The van der Waals surface area contributed by atoms with Crippen LogP contribution in [0.2, 0.25) is 0 Å². The van der Waals surface area contributed by atoms with Crippen LogP contribution in [0.3, 0.4) is 0 Å². The highest BCUT2D eigenvalue weighted by Crippen LogP contribution is 2.25. The fourth-order valence-corrected chi connectivity index (χ4v) is 1.62. The van der Waals surface area contributed by atoms with Gasteiger partial charge in [-0.1, -0.05) is 6.07 Å². The number of rotatable bonds is 3. The highest BCUT2D eigenvalue weighted by Gasteiger charge is 2.04. The molecule has 1 heterocycles. The van der Waals surface area contributed by atoms with Crippen LogP contribution in [0.25, 0.3) is 11.1 Å². The first-order chi connectivity index (χ1) is 8.20. The van der Waals surface area contributed by atoms with Gasteiger partial charge in [0.2, 0.25) is 6.41 Å². The summed E-state index contributed by atoms with van der Waals surface area (Å²) in [6, 6.07) is 5.74. The van der Waals surface area contributed by atoms with Crippen molar-refractivity contribution in [3.8, 4) is 11.1 Å². The average molecular weight is 227 g/mol. The number of nitrogens with one attached hydrogen (secondary N) is 1. The Morgan fingerprint density at radius 2 is 1.88 bits per heavy atom. The number of carbonyl (C=O) groups excluding carboxylic acids is 1. The number of anilines is 1. The van der Waals surface area contributed by atoms with Gasteiger partial charge in [-0.25, -0.2) is 9.97 Å². The molecule has 1 N–H and O–H groups in total. The topological polar surface area (TPSA) is 54.9 Å². The molecule has 0 radical (unpaired) electrons. The van der Waals surface area contributed by atoms with Crippen molar-refractivity contribution in [2.24, 2.45) is 0 Å². The monoisotopic (exact) mass is 227 g/mol. The van der Waals surface area contributed by atoms with Crippen LogP contribution < -0.4 is 5.32 Å². The van der Waals surface area contributed by atoms with Crippen LogP contribution in [-0.4, -0.2) is 16.4 Å². The zero-order valence-electron chi connectivity index (χ0n) is 9.77. The van der Waals surface area contributed by atoms with Crippen LogP contribution in [0.5, 0.6) is 0 Å². The predicted molar refractivity (Wildman–Crippen MR) is 66.6 cm³/mol. The molecule has 0 fully saturated rings. The molecule has 0 saturated heterocycles. The number of carbonyl (C=O) groups is 1. The number of aryl methyl sites for hydroxylation is 2. The van der Waals surface area contributed by atoms with E-state index in [1.807, 2.05) is 32.0 Å². The zero-order valence-corrected chi connectivity index (χ0v) is 9.77. The predicted octanol–water partition coefficient (Wildman–Crippen LogP) is 2.33. The molecule has 1 amide bonds. The maximum atomic E-state index is 10.4. The number of hydrogen-bond acceptors (Lipinski definition) is 3.